The molecule has 0 atom stereocenters. The van der Waals surface area contributed by atoms with E-state index >= 15 is 0 Å². The summed E-state index contributed by atoms with van der Waals surface area (Å²) in [5.74, 6) is 1.81. The van der Waals surface area contributed by atoms with E-state index in [-0.39, 0.29) is 0 Å². The van der Waals surface area contributed by atoms with E-state index in [2.05, 4.69) is 20.9 Å². The van der Waals surface area contributed by atoms with Crippen molar-refractivity contribution in [3.63, 3.8) is 0 Å². The molecule has 0 bridgehead atoms. The Labute approximate surface area is 124 Å². The van der Waals surface area contributed by atoms with E-state index < -0.39 is 0 Å². The summed E-state index contributed by atoms with van der Waals surface area (Å²) < 4.78 is 5.25. The minimum atomic E-state index is 0.779. The molecule has 5 heteroatoms. The van der Waals surface area contributed by atoms with E-state index in [0.29, 0.717) is 0 Å². The number of methoxy groups -OCH3 is 1. The lowest BCUT2D eigenvalue weighted by Crippen LogP contribution is -2.18. The van der Waals surface area contributed by atoms with Gasteiger partial charge in [-0.25, -0.2) is 9.97 Å². The second-order valence-electron chi connectivity index (χ2n) is 4.56. The molecule has 0 aliphatic rings. The average Bonchev–Trinajstić information content (AvgIpc) is 2.46. The number of hydrogen-bond acceptors (Lipinski definition) is 5. The van der Waals surface area contributed by atoms with Crippen molar-refractivity contribution < 1.29 is 4.74 Å². The Bertz CT molecular complexity index is 589. The van der Waals surface area contributed by atoms with Crippen LogP contribution in [0.1, 0.15) is 11.3 Å². The lowest BCUT2D eigenvalue weighted by atomic mass is 10.2. The fraction of sp³-hybridized carbons (Fsp3) is 0.333. The quantitative estimate of drug-likeness (QED) is 0.624. The van der Waals surface area contributed by atoms with Gasteiger partial charge in [-0.2, -0.15) is 0 Å². The van der Waals surface area contributed by atoms with Gasteiger partial charge in [-0.1, -0.05) is 23.9 Å². The molecule has 0 N–H and O–H groups in total. The maximum absolute atomic E-state index is 5.25. The number of aryl methyl sites for hydroxylation is 1. The summed E-state index contributed by atoms with van der Waals surface area (Å²) >= 11 is 1.56. The summed E-state index contributed by atoms with van der Waals surface area (Å²) in [5.41, 5.74) is 2.17. The van der Waals surface area contributed by atoms with Gasteiger partial charge in [0.15, 0.2) is 5.16 Å². The van der Waals surface area contributed by atoms with Gasteiger partial charge in [0.25, 0.3) is 0 Å². The van der Waals surface area contributed by atoms with Crippen LogP contribution in [0.2, 0.25) is 0 Å². The molecule has 0 saturated carbocycles. The molecule has 0 aliphatic carbocycles. The van der Waals surface area contributed by atoms with Gasteiger partial charge in [0, 0.05) is 25.4 Å². The Balaban J connectivity index is 2.18. The third kappa shape index (κ3) is 3.63. The van der Waals surface area contributed by atoms with Gasteiger partial charge in [0.1, 0.15) is 11.6 Å². The highest BCUT2D eigenvalue weighted by Gasteiger charge is 2.07. The van der Waals surface area contributed by atoms with E-state index in [4.69, 9.17) is 4.74 Å². The Morgan fingerprint density at radius 2 is 2.05 bits per heavy atom. The van der Waals surface area contributed by atoms with Gasteiger partial charge in [0.2, 0.25) is 0 Å². The van der Waals surface area contributed by atoms with Crippen molar-refractivity contribution in [2.75, 3.05) is 25.3 Å². The normalized spacial score (nSPS) is 10.4. The van der Waals surface area contributed by atoms with Crippen molar-refractivity contribution in [1.82, 2.24) is 9.97 Å². The molecule has 0 unspecified atom stereocenters. The number of thioether (sulfide) groups is 1. The third-order valence-corrected chi connectivity index (χ3v) is 3.50. The second kappa shape index (κ2) is 6.61. The van der Waals surface area contributed by atoms with E-state index in [1.54, 1.807) is 18.9 Å². The topological polar surface area (TPSA) is 38.2 Å². The van der Waals surface area contributed by atoms with Crippen molar-refractivity contribution >= 4 is 17.6 Å². The van der Waals surface area contributed by atoms with Crippen LogP contribution in [0.4, 0.5) is 5.82 Å². The van der Waals surface area contributed by atoms with Crippen LogP contribution in [0.15, 0.2) is 35.5 Å². The Hall–Kier alpha value is -1.75. The van der Waals surface area contributed by atoms with Crippen molar-refractivity contribution in [3.05, 3.63) is 41.6 Å². The SMILES string of the molecule is COc1cccc(CN(C)c2cc(C)nc(SC)n2)c1. The number of hydrogen-bond donors (Lipinski definition) is 0. The number of benzene rings is 1. The molecule has 0 radical (unpaired) electrons. The Morgan fingerprint density at radius 1 is 1.25 bits per heavy atom. The first kappa shape index (κ1) is 14.7. The maximum Gasteiger partial charge on any atom is 0.189 e. The lowest BCUT2D eigenvalue weighted by Gasteiger charge is -2.19. The fourth-order valence-corrected chi connectivity index (χ4v) is 2.36. The Kier molecular flexibility index (Phi) is 4.84. The van der Waals surface area contributed by atoms with Gasteiger partial charge in [-0.05, 0) is 30.9 Å². The minimum Gasteiger partial charge on any atom is -0.497 e. The first-order chi connectivity index (χ1) is 9.62. The predicted molar refractivity (Wildman–Crippen MR) is 83.7 cm³/mol. The molecule has 0 amide bonds. The molecular weight excluding hydrogens is 270 g/mol. The zero-order chi connectivity index (χ0) is 14.5. The number of ether oxygens (including phenoxy) is 1. The van der Waals surface area contributed by atoms with Gasteiger partial charge in [-0.3, -0.25) is 0 Å². The highest BCUT2D eigenvalue weighted by atomic mass is 32.2. The third-order valence-electron chi connectivity index (χ3n) is 2.95. The maximum atomic E-state index is 5.25. The van der Waals surface area contributed by atoms with Crippen molar-refractivity contribution in [2.45, 2.75) is 18.6 Å². The molecule has 20 heavy (non-hydrogen) atoms. The van der Waals surface area contributed by atoms with Gasteiger partial charge >= 0.3 is 0 Å². The summed E-state index contributed by atoms with van der Waals surface area (Å²) in [4.78, 5) is 11.0. The first-order valence-electron chi connectivity index (χ1n) is 6.36. The van der Waals surface area contributed by atoms with E-state index in [1.165, 1.54) is 5.56 Å². The van der Waals surface area contributed by atoms with Crippen LogP contribution < -0.4 is 9.64 Å². The molecule has 0 fully saturated rings. The first-order valence-corrected chi connectivity index (χ1v) is 7.58. The Morgan fingerprint density at radius 3 is 2.75 bits per heavy atom. The van der Waals surface area contributed by atoms with E-state index in [0.717, 1.165) is 29.0 Å². The molecule has 1 aromatic carbocycles. The van der Waals surface area contributed by atoms with Crippen molar-refractivity contribution in [2.24, 2.45) is 0 Å². The molecular formula is C15H19N3OS. The highest BCUT2D eigenvalue weighted by Crippen LogP contribution is 2.19. The van der Waals surface area contributed by atoms with E-state index in [1.807, 2.05) is 44.5 Å². The van der Waals surface area contributed by atoms with Gasteiger partial charge < -0.3 is 9.64 Å². The number of anilines is 1. The van der Waals surface area contributed by atoms with Crippen LogP contribution in [0.3, 0.4) is 0 Å². The fourth-order valence-electron chi connectivity index (χ4n) is 1.94. The van der Waals surface area contributed by atoms with Crippen molar-refractivity contribution in [1.29, 1.82) is 0 Å². The number of rotatable bonds is 5. The van der Waals surface area contributed by atoms with Crippen LogP contribution in [0.25, 0.3) is 0 Å². The minimum absolute atomic E-state index is 0.779. The molecule has 1 aromatic heterocycles. The largest absolute Gasteiger partial charge is 0.497 e. The summed E-state index contributed by atoms with van der Waals surface area (Å²) in [6, 6.07) is 10.1. The summed E-state index contributed by atoms with van der Waals surface area (Å²) in [6.45, 7) is 2.77. The molecule has 1 heterocycles. The predicted octanol–water partition coefficient (Wildman–Crippen LogP) is 3.15. The average molecular weight is 289 g/mol. The van der Waals surface area contributed by atoms with Crippen LogP contribution in [-0.2, 0) is 6.54 Å². The van der Waals surface area contributed by atoms with Crippen LogP contribution in [0, 0.1) is 6.92 Å². The van der Waals surface area contributed by atoms with Gasteiger partial charge in [-0.15, -0.1) is 0 Å². The molecule has 0 aliphatic heterocycles. The van der Waals surface area contributed by atoms with Crippen molar-refractivity contribution in [3.8, 4) is 5.75 Å². The zero-order valence-electron chi connectivity index (χ0n) is 12.3. The summed E-state index contributed by atoms with van der Waals surface area (Å²) in [5, 5.41) is 0.803. The molecule has 2 rings (SSSR count). The number of nitrogens with zero attached hydrogens (tertiary/aromatic N) is 3. The molecule has 2 aromatic rings. The van der Waals surface area contributed by atoms with Crippen LogP contribution in [-0.4, -0.2) is 30.4 Å². The molecule has 106 valence electrons. The van der Waals surface area contributed by atoms with Crippen LogP contribution in [0.5, 0.6) is 5.75 Å². The summed E-state index contributed by atoms with van der Waals surface area (Å²) in [6.07, 6.45) is 1.99. The monoisotopic (exact) mass is 289 g/mol. The molecule has 0 saturated heterocycles. The van der Waals surface area contributed by atoms with Crippen LogP contribution >= 0.6 is 11.8 Å². The molecule has 0 spiro atoms. The van der Waals surface area contributed by atoms with E-state index in [9.17, 15) is 0 Å². The highest BCUT2D eigenvalue weighted by molar-refractivity contribution is 7.98. The van der Waals surface area contributed by atoms with Gasteiger partial charge in [0.05, 0.1) is 7.11 Å². The zero-order valence-corrected chi connectivity index (χ0v) is 13.1. The lowest BCUT2D eigenvalue weighted by molar-refractivity contribution is 0.414. The second-order valence-corrected chi connectivity index (χ2v) is 5.34. The molecule has 4 nitrogen and oxygen atoms in total. The smallest absolute Gasteiger partial charge is 0.189 e. The summed E-state index contributed by atoms with van der Waals surface area (Å²) in [7, 11) is 3.71. The standard InChI is InChI=1S/C15H19N3OS/c1-11-8-14(17-15(16-11)20-4)18(2)10-12-6-5-7-13(9-12)19-3/h5-9H,10H2,1-4H3. The number of aromatic nitrogens is 2.